The first-order valence-electron chi connectivity index (χ1n) is 8.82. The number of sulfonamides is 1. The van der Waals surface area contributed by atoms with Crippen LogP contribution in [0.5, 0.6) is 0 Å². The van der Waals surface area contributed by atoms with Gasteiger partial charge in [0.15, 0.2) is 0 Å². The standard InChI is InChI=1S/C19H21N3O3S2/c1-14-6-8-15(9-7-14)27(24,25)22-12-10-21(11-13-22)19-18(23)20-16-4-2-3-5-17(16)26-19/h2-9,19H,10-13H2,1H3,(H,20,23)/t19-/m0/s1. The molecule has 2 aromatic rings. The number of anilines is 1. The maximum Gasteiger partial charge on any atom is 0.252 e. The average Bonchev–Trinajstić information content (AvgIpc) is 2.68. The summed E-state index contributed by atoms with van der Waals surface area (Å²) in [6.07, 6.45) is 0. The lowest BCUT2D eigenvalue weighted by molar-refractivity contribution is -0.118. The van der Waals surface area contributed by atoms with Gasteiger partial charge in [0.25, 0.3) is 5.91 Å². The molecule has 0 spiro atoms. The van der Waals surface area contributed by atoms with E-state index in [0.717, 1.165) is 16.1 Å². The molecule has 142 valence electrons. The van der Waals surface area contributed by atoms with E-state index >= 15 is 0 Å². The van der Waals surface area contributed by atoms with Gasteiger partial charge in [-0.05, 0) is 31.2 Å². The molecule has 1 atom stereocenters. The second-order valence-electron chi connectivity index (χ2n) is 6.71. The summed E-state index contributed by atoms with van der Waals surface area (Å²) < 4.78 is 27.2. The van der Waals surface area contributed by atoms with E-state index in [4.69, 9.17) is 0 Å². The van der Waals surface area contributed by atoms with Crippen molar-refractivity contribution in [3.8, 4) is 0 Å². The van der Waals surface area contributed by atoms with Crippen LogP contribution in [0.25, 0.3) is 0 Å². The highest BCUT2D eigenvalue weighted by molar-refractivity contribution is 8.00. The lowest BCUT2D eigenvalue weighted by Gasteiger charge is -2.39. The van der Waals surface area contributed by atoms with Crippen molar-refractivity contribution >= 4 is 33.4 Å². The maximum absolute atomic E-state index is 12.8. The number of carbonyl (C=O) groups is 1. The molecule has 6 nitrogen and oxygen atoms in total. The van der Waals surface area contributed by atoms with Gasteiger partial charge in [-0.15, -0.1) is 0 Å². The highest BCUT2D eigenvalue weighted by Gasteiger charge is 2.36. The molecule has 2 aliphatic heterocycles. The van der Waals surface area contributed by atoms with Gasteiger partial charge >= 0.3 is 0 Å². The van der Waals surface area contributed by atoms with E-state index in [-0.39, 0.29) is 11.3 Å². The van der Waals surface area contributed by atoms with Crippen LogP contribution in [0.3, 0.4) is 0 Å². The number of nitrogens with one attached hydrogen (secondary N) is 1. The molecular formula is C19H21N3O3S2. The van der Waals surface area contributed by atoms with Gasteiger partial charge in [-0.25, -0.2) is 8.42 Å². The Morgan fingerprint density at radius 1 is 1.00 bits per heavy atom. The number of aryl methyl sites for hydroxylation is 1. The quantitative estimate of drug-likeness (QED) is 0.852. The zero-order chi connectivity index (χ0) is 19.0. The molecule has 2 heterocycles. The monoisotopic (exact) mass is 403 g/mol. The van der Waals surface area contributed by atoms with Gasteiger partial charge < -0.3 is 5.32 Å². The largest absolute Gasteiger partial charge is 0.323 e. The number of hydrogen-bond donors (Lipinski definition) is 1. The van der Waals surface area contributed by atoms with Crippen LogP contribution >= 0.6 is 11.8 Å². The Bertz CT molecular complexity index is 952. The van der Waals surface area contributed by atoms with E-state index < -0.39 is 10.0 Å². The summed E-state index contributed by atoms with van der Waals surface area (Å²) in [4.78, 5) is 15.9. The van der Waals surface area contributed by atoms with Gasteiger partial charge in [-0.3, -0.25) is 9.69 Å². The number of piperazine rings is 1. The van der Waals surface area contributed by atoms with Crippen LogP contribution in [0.1, 0.15) is 5.56 Å². The zero-order valence-corrected chi connectivity index (χ0v) is 16.6. The highest BCUT2D eigenvalue weighted by Crippen LogP contribution is 2.37. The fourth-order valence-electron chi connectivity index (χ4n) is 3.32. The fourth-order valence-corrected chi connectivity index (χ4v) is 5.91. The Hall–Kier alpha value is -1.87. The van der Waals surface area contributed by atoms with Gasteiger partial charge in [-0.2, -0.15) is 4.31 Å². The number of hydrogen-bond acceptors (Lipinski definition) is 5. The smallest absolute Gasteiger partial charge is 0.252 e. The fraction of sp³-hybridized carbons (Fsp3) is 0.316. The van der Waals surface area contributed by atoms with Gasteiger partial charge in [0.2, 0.25) is 10.0 Å². The molecule has 27 heavy (non-hydrogen) atoms. The Morgan fingerprint density at radius 3 is 2.37 bits per heavy atom. The number of benzene rings is 2. The van der Waals surface area contributed by atoms with Gasteiger partial charge in [-0.1, -0.05) is 41.6 Å². The lowest BCUT2D eigenvalue weighted by atomic mass is 10.2. The van der Waals surface area contributed by atoms with Crippen LogP contribution in [0.15, 0.2) is 58.3 Å². The molecule has 2 aliphatic rings. The highest BCUT2D eigenvalue weighted by atomic mass is 32.2. The minimum absolute atomic E-state index is 0.0476. The third-order valence-electron chi connectivity index (χ3n) is 4.87. The summed E-state index contributed by atoms with van der Waals surface area (Å²) in [5, 5.41) is 2.62. The van der Waals surface area contributed by atoms with Gasteiger partial charge in [0.1, 0.15) is 5.37 Å². The summed E-state index contributed by atoms with van der Waals surface area (Å²) >= 11 is 1.52. The summed E-state index contributed by atoms with van der Waals surface area (Å²) in [7, 11) is -3.50. The van der Waals surface area contributed by atoms with Crippen molar-refractivity contribution in [2.24, 2.45) is 0 Å². The van der Waals surface area contributed by atoms with E-state index in [1.165, 1.54) is 16.1 Å². The second kappa shape index (κ2) is 7.27. The first-order valence-corrected chi connectivity index (χ1v) is 11.1. The number of rotatable bonds is 3. The molecular weight excluding hydrogens is 382 g/mol. The summed E-state index contributed by atoms with van der Waals surface area (Å²) in [5.74, 6) is -0.0476. The predicted molar refractivity (Wildman–Crippen MR) is 106 cm³/mol. The summed E-state index contributed by atoms with van der Waals surface area (Å²) in [6, 6.07) is 14.7. The van der Waals surface area contributed by atoms with E-state index in [9.17, 15) is 13.2 Å². The first-order chi connectivity index (χ1) is 12.9. The van der Waals surface area contributed by atoms with Crippen molar-refractivity contribution in [3.05, 3.63) is 54.1 Å². The molecule has 0 unspecified atom stereocenters. The van der Waals surface area contributed by atoms with Crippen molar-refractivity contribution in [1.82, 2.24) is 9.21 Å². The molecule has 1 amide bonds. The van der Waals surface area contributed by atoms with Crippen LogP contribution < -0.4 is 5.32 Å². The Labute approximate surface area is 163 Å². The number of fused-ring (bicyclic) bond motifs is 1. The zero-order valence-electron chi connectivity index (χ0n) is 15.0. The van der Waals surface area contributed by atoms with E-state index in [0.29, 0.717) is 31.1 Å². The predicted octanol–water partition coefficient (Wildman–Crippen LogP) is 2.37. The molecule has 0 saturated carbocycles. The number of para-hydroxylation sites is 1. The molecule has 0 aliphatic carbocycles. The van der Waals surface area contributed by atoms with E-state index in [2.05, 4.69) is 10.2 Å². The summed E-state index contributed by atoms with van der Waals surface area (Å²) in [6.45, 7) is 3.74. The van der Waals surface area contributed by atoms with Crippen molar-refractivity contribution in [2.45, 2.75) is 22.1 Å². The number of amides is 1. The van der Waals surface area contributed by atoms with Crippen LogP contribution in [-0.2, 0) is 14.8 Å². The Morgan fingerprint density at radius 2 is 1.67 bits per heavy atom. The van der Waals surface area contributed by atoms with Gasteiger partial charge in [0.05, 0.1) is 10.6 Å². The minimum atomic E-state index is -3.50. The SMILES string of the molecule is Cc1ccc(S(=O)(=O)N2CCN([C@H]3Sc4ccccc4NC3=O)CC2)cc1. The number of carbonyl (C=O) groups excluding carboxylic acids is 1. The van der Waals surface area contributed by atoms with Crippen molar-refractivity contribution < 1.29 is 13.2 Å². The van der Waals surface area contributed by atoms with Crippen molar-refractivity contribution in [3.63, 3.8) is 0 Å². The Kier molecular flexibility index (Phi) is 4.98. The van der Waals surface area contributed by atoms with Crippen LogP contribution in [0.2, 0.25) is 0 Å². The molecule has 0 radical (unpaired) electrons. The third-order valence-corrected chi connectivity index (χ3v) is 8.13. The van der Waals surface area contributed by atoms with Crippen LogP contribution in [0.4, 0.5) is 5.69 Å². The van der Waals surface area contributed by atoms with Crippen LogP contribution in [-0.4, -0.2) is 55.1 Å². The number of thioether (sulfide) groups is 1. The molecule has 0 aromatic heterocycles. The molecule has 1 fully saturated rings. The molecule has 2 aromatic carbocycles. The van der Waals surface area contributed by atoms with Gasteiger partial charge in [0, 0.05) is 31.1 Å². The lowest BCUT2D eigenvalue weighted by Crippen LogP contribution is -2.54. The second-order valence-corrected chi connectivity index (χ2v) is 9.77. The molecule has 8 heteroatoms. The van der Waals surface area contributed by atoms with E-state index in [1.807, 2.05) is 43.3 Å². The topological polar surface area (TPSA) is 69.7 Å². The molecule has 1 N–H and O–H groups in total. The molecule has 0 bridgehead atoms. The van der Waals surface area contributed by atoms with Crippen molar-refractivity contribution in [2.75, 3.05) is 31.5 Å². The maximum atomic E-state index is 12.8. The Balaban J connectivity index is 1.45. The normalized spacial score (nSPS) is 21.5. The first kappa shape index (κ1) is 18.5. The van der Waals surface area contributed by atoms with E-state index in [1.54, 1.807) is 12.1 Å². The summed E-state index contributed by atoms with van der Waals surface area (Å²) in [5.41, 5.74) is 1.86. The molecule has 1 saturated heterocycles. The number of nitrogens with zero attached hydrogens (tertiary/aromatic N) is 2. The molecule has 4 rings (SSSR count). The van der Waals surface area contributed by atoms with Crippen LogP contribution in [0, 0.1) is 6.92 Å². The van der Waals surface area contributed by atoms with Crippen molar-refractivity contribution in [1.29, 1.82) is 0 Å². The average molecular weight is 404 g/mol. The third kappa shape index (κ3) is 3.62. The minimum Gasteiger partial charge on any atom is -0.323 e.